The van der Waals surface area contributed by atoms with E-state index in [1.807, 2.05) is 0 Å². The summed E-state index contributed by atoms with van der Waals surface area (Å²) in [5.41, 5.74) is 4.84. The Labute approximate surface area is 86.1 Å². The molecule has 0 aromatic carbocycles. The van der Waals surface area contributed by atoms with Gasteiger partial charge in [-0.05, 0) is 6.92 Å². The van der Waals surface area contributed by atoms with Crippen molar-refractivity contribution in [3.63, 3.8) is 0 Å². The molecule has 4 N–H and O–H groups in total. The topological polar surface area (TPSA) is 127 Å². The van der Waals surface area contributed by atoms with Gasteiger partial charge in [-0.3, -0.25) is 4.79 Å². The van der Waals surface area contributed by atoms with Crippen LogP contribution in [0, 0.1) is 0 Å². The number of ether oxygens (including phenoxy) is 1. The van der Waals surface area contributed by atoms with E-state index in [0.29, 0.717) is 6.08 Å². The molecule has 86 valence electrons. The lowest BCUT2D eigenvalue weighted by atomic mass is 10.4. The van der Waals surface area contributed by atoms with Crippen LogP contribution in [0.1, 0.15) is 6.92 Å². The Morgan fingerprint density at radius 3 is 1.87 bits per heavy atom. The molecule has 0 heterocycles. The van der Waals surface area contributed by atoms with E-state index in [2.05, 4.69) is 4.74 Å². The van der Waals surface area contributed by atoms with Gasteiger partial charge in [0.2, 0.25) is 0 Å². The van der Waals surface area contributed by atoms with Crippen LogP contribution in [0.2, 0.25) is 0 Å². The Morgan fingerprint density at radius 2 is 1.67 bits per heavy atom. The minimum atomic E-state index is -1.17. The average molecular weight is 219 g/mol. The zero-order valence-corrected chi connectivity index (χ0v) is 8.34. The summed E-state index contributed by atoms with van der Waals surface area (Å²) < 4.78 is 4.11. The molecular formula is C8H13NO6. The Kier molecular flexibility index (Phi) is 9.03. The van der Waals surface area contributed by atoms with Crippen molar-refractivity contribution in [2.75, 3.05) is 7.11 Å². The molecule has 0 saturated heterocycles. The molecule has 0 aromatic heterocycles. The third-order valence-corrected chi connectivity index (χ3v) is 0.953. The second-order valence-corrected chi connectivity index (χ2v) is 2.32. The molecule has 0 saturated carbocycles. The van der Waals surface area contributed by atoms with Gasteiger partial charge in [0.25, 0.3) is 0 Å². The maximum atomic E-state index is 10.1. The zero-order valence-electron chi connectivity index (χ0n) is 8.34. The molecule has 0 radical (unpaired) electrons. The Morgan fingerprint density at radius 1 is 1.27 bits per heavy atom. The van der Waals surface area contributed by atoms with Crippen LogP contribution in [0.25, 0.3) is 0 Å². The van der Waals surface area contributed by atoms with Gasteiger partial charge in [0.15, 0.2) is 0 Å². The Hall–Kier alpha value is -1.89. The van der Waals surface area contributed by atoms with E-state index in [-0.39, 0.29) is 0 Å². The SMILES string of the molecule is COC(=O)/C=C/C(=O)O.C[C@H](N)C(=O)O. The molecule has 1 atom stereocenters. The lowest BCUT2D eigenvalue weighted by Gasteiger charge is -1.90. The molecule has 0 aliphatic heterocycles. The maximum absolute atomic E-state index is 10.1. The Bertz CT molecular complexity index is 258. The quantitative estimate of drug-likeness (QED) is 0.419. The molecule has 7 heteroatoms. The van der Waals surface area contributed by atoms with Crippen LogP contribution in [-0.2, 0) is 19.1 Å². The standard InChI is InChI=1S/C5H6O4.C3H7NO2/c1-9-5(8)3-2-4(6)7;1-2(4)3(5)6/h2-3H,1H3,(H,6,7);2H,4H2,1H3,(H,5,6)/b3-2+;/t;2-/m.0/s1. The largest absolute Gasteiger partial charge is 0.480 e. The molecule has 0 aromatic rings. The fourth-order valence-corrected chi connectivity index (χ4v) is 0.207. The summed E-state index contributed by atoms with van der Waals surface area (Å²) in [6.45, 7) is 1.42. The third-order valence-electron chi connectivity index (χ3n) is 0.953. The van der Waals surface area contributed by atoms with E-state index >= 15 is 0 Å². The van der Waals surface area contributed by atoms with Crippen LogP contribution in [0.5, 0.6) is 0 Å². The van der Waals surface area contributed by atoms with Crippen molar-refractivity contribution in [3.05, 3.63) is 12.2 Å². The number of hydrogen-bond acceptors (Lipinski definition) is 5. The number of carboxylic acids is 2. The van der Waals surface area contributed by atoms with E-state index in [4.69, 9.17) is 15.9 Å². The molecule has 0 aliphatic rings. The first-order chi connectivity index (χ1) is 6.81. The van der Waals surface area contributed by atoms with Crippen LogP contribution >= 0.6 is 0 Å². The number of carboxylic acid groups (broad SMARTS) is 2. The minimum Gasteiger partial charge on any atom is -0.480 e. The highest BCUT2D eigenvalue weighted by atomic mass is 16.5. The first-order valence-corrected chi connectivity index (χ1v) is 3.78. The van der Waals surface area contributed by atoms with Gasteiger partial charge in [0, 0.05) is 12.2 Å². The second kappa shape index (κ2) is 8.70. The molecule has 0 bridgehead atoms. The van der Waals surface area contributed by atoms with Gasteiger partial charge in [-0.25, -0.2) is 9.59 Å². The lowest BCUT2D eigenvalue weighted by Crippen LogP contribution is -2.25. The molecular weight excluding hydrogens is 206 g/mol. The lowest BCUT2D eigenvalue weighted by molar-refractivity contribution is -0.138. The highest BCUT2D eigenvalue weighted by molar-refractivity contribution is 5.90. The third kappa shape index (κ3) is 14.9. The van der Waals surface area contributed by atoms with Crippen LogP contribution in [0.4, 0.5) is 0 Å². The van der Waals surface area contributed by atoms with Crippen LogP contribution in [-0.4, -0.2) is 41.3 Å². The van der Waals surface area contributed by atoms with Gasteiger partial charge in [-0.2, -0.15) is 0 Å². The van der Waals surface area contributed by atoms with Crippen molar-refractivity contribution in [1.82, 2.24) is 0 Å². The van der Waals surface area contributed by atoms with Crippen LogP contribution in [0.15, 0.2) is 12.2 Å². The highest BCUT2D eigenvalue weighted by Gasteiger charge is 1.99. The number of carbonyl (C=O) groups excluding carboxylic acids is 1. The molecule has 7 nitrogen and oxygen atoms in total. The number of nitrogens with two attached hydrogens (primary N) is 1. The van der Waals surface area contributed by atoms with Crippen LogP contribution < -0.4 is 5.73 Å². The second-order valence-electron chi connectivity index (χ2n) is 2.32. The summed E-state index contributed by atoms with van der Waals surface area (Å²) in [6.07, 6.45) is 1.55. The number of rotatable bonds is 3. The van der Waals surface area contributed by atoms with E-state index in [0.717, 1.165) is 6.08 Å². The molecule has 0 unspecified atom stereocenters. The van der Waals surface area contributed by atoms with E-state index in [1.165, 1.54) is 14.0 Å². The molecule has 0 aliphatic carbocycles. The number of carbonyl (C=O) groups is 3. The van der Waals surface area contributed by atoms with Gasteiger partial charge in [0.05, 0.1) is 7.11 Å². The van der Waals surface area contributed by atoms with E-state index in [1.54, 1.807) is 0 Å². The van der Waals surface area contributed by atoms with Gasteiger partial charge in [0.1, 0.15) is 6.04 Å². The molecule has 0 fully saturated rings. The normalized spacial score (nSPS) is 11.1. The summed E-state index contributed by atoms with van der Waals surface area (Å²) in [6, 6.07) is -0.731. The van der Waals surface area contributed by atoms with Gasteiger partial charge < -0.3 is 20.7 Å². The molecule has 0 rings (SSSR count). The molecule has 0 spiro atoms. The number of esters is 1. The number of methoxy groups -OCH3 is 1. The van der Waals surface area contributed by atoms with Crippen molar-refractivity contribution in [2.24, 2.45) is 5.73 Å². The highest BCUT2D eigenvalue weighted by Crippen LogP contribution is 1.76. The fourth-order valence-electron chi connectivity index (χ4n) is 0.207. The van der Waals surface area contributed by atoms with Crippen molar-refractivity contribution in [3.8, 4) is 0 Å². The summed E-state index contributed by atoms with van der Waals surface area (Å²) in [5, 5.41) is 15.8. The fraction of sp³-hybridized carbons (Fsp3) is 0.375. The first kappa shape index (κ1) is 15.6. The summed E-state index contributed by atoms with van der Waals surface area (Å²) in [4.78, 5) is 29.4. The number of aliphatic carboxylic acids is 2. The van der Waals surface area contributed by atoms with Gasteiger partial charge >= 0.3 is 17.9 Å². The zero-order chi connectivity index (χ0) is 12.4. The van der Waals surface area contributed by atoms with E-state index < -0.39 is 23.9 Å². The predicted molar refractivity (Wildman–Crippen MR) is 50.1 cm³/mol. The van der Waals surface area contributed by atoms with Crippen LogP contribution in [0.3, 0.4) is 0 Å². The number of hydrogen-bond donors (Lipinski definition) is 3. The van der Waals surface area contributed by atoms with Crippen molar-refractivity contribution in [2.45, 2.75) is 13.0 Å². The molecule has 15 heavy (non-hydrogen) atoms. The monoisotopic (exact) mass is 219 g/mol. The van der Waals surface area contributed by atoms with Crippen molar-refractivity contribution in [1.29, 1.82) is 0 Å². The van der Waals surface area contributed by atoms with Crippen molar-refractivity contribution < 1.29 is 29.3 Å². The summed E-state index contributed by atoms with van der Waals surface area (Å²) in [7, 11) is 1.18. The van der Waals surface area contributed by atoms with Gasteiger partial charge in [-0.15, -0.1) is 0 Å². The minimum absolute atomic E-state index is 0.669. The smallest absolute Gasteiger partial charge is 0.330 e. The molecule has 0 amide bonds. The maximum Gasteiger partial charge on any atom is 0.330 e. The summed E-state index contributed by atoms with van der Waals surface area (Å²) in [5.74, 6) is -2.80. The van der Waals surface area contributed by atoms with Gasteiger partial charge in [-0.1, -0.05) is 0 Å². The van der Waals surface area contributed by atoms with E-state index in [9.17, 15) is 14.4 Å². The first-order valence-electron chi connectivity index (χ1n) is 3.78. The summed E-state index contributed by atoms with van der Waals surface area (Å²) >= 11 is 0. The average Bonchev–Trinajstić information content (AvgIpc) is 2.14. The Balaban J connectivity index is 0. The predicted octanol–water partition coefficient (Wildman–Crippen LogP) is -0.782. The van der Waals surface area contributed by atoms with Crippen molar-refractivity contribution >= 4 is 17.9 Å².